The number of benzene rings is 2. The Morgan fingerprint density at radius 1 is 1.10 bits per heavy atom. The summed E-state index contributed by atoms with van der Waals surface area (Å²) in [7, 11) is 0. The van der Waals surface area contributed by atoms with Crippen molar-refractivity contribution < 1.29 is 9.84 Å². The SMILES string of the molecule is CC(C)Oc1cccc(C(O)Cc2cc(Cl)ccc2Cl)c1. The van der Waals surface area contributed by atoms with E-state index in [1.807, 2.05) is 38.1 Å². The summed E-state index contributed by atoms with van der Waals surface area (Å²) in [5.74, 6) is 0.749. The second kappa shape index (κ2) is 7.17. The van der Waals surface area contributed by atoms with Crippen LogP contribution in [0.2, 0.25) is 10.0 Å². The molecule has 0 heterocycles. The van der Waals surface area contributed by atoms with E-state index in [9.17, 15) is 5.11 Å². The Kier molecular flexibility index (Phi) is 5.51. The molecule has 0 saturated heterocycles. The van der Waals surface area contributed by atoms with E-state index in [2.05, 4.69) is 0 Å². The Morgan fingerprint density at radius 3 is 2.57 bits per heavy atom. The van der Waals surface area contributed by atoms with Crippen molar-refractivity contribution in [2.24, 2.45) is 0 Å². The molecule has 1 unspecified atom stereocenters. The Labute approximate surface area is 135 Å². The van der Waals surface area contributed by atoms with Gasteiger partial charge in [0.25, 0.3) is 0 Å². The Hall–Kier alpha value is -1.22. The maximum atomic E-state index is 10.4. The van der Waals surface area contributed by atoms with E-state index < -0.39 is 6.10 Å². The lowest BCUT2D eigenvalue weighted by Crippen LogP contribution is -2.07. The van der Waals surface area contributed by atoms with Crippen LogP contribution in [0.15, 0.2) is 42.5 Å². The summed E-state index contributed by atoms with van der Waals surface area (Å²) < 4.78 is 5.64. The molecule has 0 amide bonds. The lowest BCUT2D eigenvalue weighted by atomic mass is 10.0. The summed E-state index contributed by atoms with van der Waals surface area (Å²) in [4.78, 5) is 0. The second-order valence-corrected chi connectivity index (χ2v) is 6.04. The highest BCUT2D eigenvalue weighted by Gasteiger charge is 2.12. The zero-order valence-electron chi connectivity index (χ0n) is 12.0. The van der Waals surface area contributed by atoms with Crippen LogP contribution >= 0.6 is 23.2 Å². The first-order valence-corrected chi connectivity index (χ1v) is 7.60. The normalized spacial score (nSPS) is 12.5. The van der Waals surface area contributed by atoms with Crippen molar-refractivity contribution in [2.75, 3.05) is 0 Å². The van der Waals surface area contributed by atoms with Gasteiger partial charge in [-0.15, -0.1) is 0 Å². The van der Waals surface area contributed by atoms with E-state index in [1.54, 1.807) is 18.2 Å². The topological polar surface area (TPSA) is 29.5 Å². The standard InChI is InChI=1S/C17H18Cl2O2/c1-11(2)21-15-5-3-4-12(9-15)17(20)10-13-8-14(18)6-7-16(13)19/h3-9,11,17,20H,10H2,1-2H3. The molecule has 0 aliphatic rings. The summed E-state index contributed by atoms with van der Waals surface area (Å²) in [5, 5.41) is 11.6. The molecule has 0 spiro atoms. The minimum Gasteiger partial charge on any atom is -0.491 e. The molecule has 0 fully saturated rings. The molecule has 0 aromatic heterocycles. The first-order valence-electron chi connectivity index (χ1n) is 6.84. The van der Waals surface area contributed by atoms with Gasteiger partial charge in [0, 0.05) is 16.5 Å². The molecule has 2 aromatic carbocycles. The van der Waals surface area contributed by atoms with E-state index in [4.69, 9.17) is 27.9 Å². The molecule has 0 radical (unpaired) electrons. The maximum absolute atomic E-state index is 10.4. The fourth-order valence-electron chi connectivity index (χ4n) is 2.09. The lowest BCUT2D eigenvalue weighted by Gasteiger charge is -2.15. The van der Waals surface area contributed by atoms with E-state index in [0.717, 1.165) is 16.9 Å². The largest absolute Gasteiger partial charge is 0.491 e. The average Bonchev–Trinajstić information content (AvgIpc) is 2.42. The third-order valence-corrected chi connectivity index (χ3v) is 3.64. The van der Waals surface area contributed by atoms with Gasteiger partial charge in [-0.25, -0.2) is 0 Å². The highest BCUT2D eigenvalue weighted by atomic mass is 35.5. The van der Waals surface area contributed by atoms with Gasteiger partial charge in [0.15, 0.2) is 0 Å². The van der Waals surface area contributed by atoms with Crippen LogP contribution in [-0.4, -0.2) is 11.2 Å². The molecule has 1 N–H and O–H groups in total. The van der Waals surface area contributed by atoms with Gasteiger partial charge in [0.05, 0.1) is 12.2 Å². The molecular formula is C17H18Cl2O2. The minimum absolute atomic E-state index is 0.0970. The molecule has 2 aromatic rings. The predicted molar refractivity (Wildman–Crippen MR) is 87.3 cm³/mol. The summed E-state index contributed by atoms with van der Waals surface area (Å²) in [6, 6.07) is 12.7. The predicted octanol–water partition coefficient (Wildman–Crippen LogP) is 5.06. The van der Waals surface area contributed by atoms with Gasteiger partial charge in [0.2, 0.25) is 0 Å². The second-order valence-electron chi connectivity index (χ2n) is 5.19. The van der Waals surface area contributed by atoms with Crippen molar-refractivity contribution in [1.82, 2.24) is 0 Å². The van der Waals surface area contributed by atoms with E-state index in [1.165, 1.54) is 0 Å². The number of aliphatic hydroxyl groups is 1. The van der Waals surface area contributed by atoms with E-state index >= 15 is 0 Å². The molecule has 4 heteroatoms. The molecule has 2 nitrogen and oxygen atoms in total. The fraction of sp³-hybridized carbons (Fsp3) is 0.294. The highest BCUT2D eigenvalue weighted by molar-refractivity contribution is 6.33. The molecule has 21 heavy (non-hydrogen) atoms. The molecule has 0 saturated carbocycles. The van der Waals surface area contributed by atoms with Crippen LogP contribution in [0.1, 0.15) is 31.1 Å². The van der Waals surface area contributed by atoms with Gasteiger partial charge >= 0.3 is 0 Å². The van der Waals surface area contributed by atoms with Crippen LogP contribution in [0.25, 0.3) is 0 Å². The van der Waals surface area contributed by atoms with Gasteiger partial charge in [-0.3, -0.25) is 0 Å². The summed E-state index contributed by atoms with van der Waals surface area (Å²) in [6.07, 6.45) is -0.152. The first-order chi connectivity index (χ1) is 9.95. The van der Waals surface area contributed by atoms with Crippen LogP contribution in [0, 0.1) is 0 Å². The fourth-order valence-corrected chi connectivity index (χ4v) is 2.48. The first kappa shape index (κ1) is 16.2. The van der Waals surface area contributed by atoms with Crippen LogP contribution in [-0.2, 0) is 6.42 Å². The molecule has 0 aliphatic heterocycles. The summed E-state index contributed by atoms with van der Waals surface area (Å²) >= 11 is 12.1. The summed E-state index contributed by atoms with van der Waals surface area (Å²) in [6.45, 7) is 3.93. The average molecular weight is 325 g/mol. The third kappa shape index (κ3) is 4.63. The molecule has 1 atom stereocenters. The number of halogens is 2. The maximum Gasteiger partial charge on any atom is 0.120 e. The van der Waals surface area contributed by atoms with Gasteiger partial charge in [0.1, 0.15) is 5.75 Å². The highest BCUT2D eigenvalue weighted by Crippen LogP contribution is 2.27. The van der Waals surface area contributed by atoms with E-state index in [0.29, 0.717) is 16.5 Å². The van der Waals surface area contributed by atoms with Crippen molar-refractivity contribution >= 4 is 23.2 Å². The van der Waals surface area contributed by atoms with E-state index in [-0.39, 0.29) is 6.10 Å². The van der Waals surface area contributed by atoms with Crippen molar-refractivity contribution in [2.45, 2.75) is 32.5 Å². The Morgan fingerprint density at radius 2 is 1.86 bits per heavy atom. The molecule has 112 valence electrons. The zero-order valence-corrected chi connectivity index (χ0v) is 13.5. The number of ether oxygens (including phenoxy) is 1. The Balaban J connectivity index is 2.16. The van der Waals surface area contributed by atoms with Crippen LogP contribution in [0.4, 0.5) is 0 Å². The van der Waals surface area contributed by atoms with Gasteiger partial charge in [-0.05, 0) is 55.3 Å². The third-order valence-electron chi connectivity index (χ3n) is 3.04. The van der Waals surface area contributed by atoms with Gasteiger partial charge in [-0.1, -0.05) is 35.3 Å². The van der Waals surface area contributed by atoms with Crippen LogP contribution in [0.3, 0.4) is 0 Å². The minimum atomic E-state index is -0.656. The van der Waals surface area contributed by atoms with Crippen molar-refractivity contribution in [3.63, 3.8) is 0 Å². The quantitative estimate of drug-likeness (QED) is 0.833. The zero-order chi connectivity index (χ0) is 15.4. The molecular weight excluding hydrogens is 307 g/mol. The van der Waals surface area contributed by atoms with Crippen molar-refractivity contribution in [3.8, 4) is 5.75 Å². The van der Waals surface area contributed by atoms with Crippen molar-refractivity contribution in [1.29, 1.82) is 0 Å². The van der Waals surface area contributed by atoms with Crippen LogP contribution in [0.5, 0.6) is 5.75 Å². The van der Waals surface area contributed by atoms with Gasteiger partial charge in [-0.2, -0.15) is 0 Å². The lowest BCUT2D eigenvalue weighted by molar-refractivity contribution is 0.177. The molecule has 2 rings (SSSR count). The number of rotatable bonds is 5. The number of aliphatic hydroxyl groups excluding tert-OH is 1. The number of hydrogen-bond donors (Lipinski definition) is 1. The Bertz CT molecular complexity index is 611. The smallest absolute Gasteiger partial charge is 0.120 e. The van der Waals surface area contributed by atoms with Crippen molar-refractivity contribution in [3.05, 3.63) is 63.6 Å². The molecule has 0 bridgehead atoms. The monoisotopic (exact) mass is 324 g/mol. The summed E-state index contributed by atoms with van der Waals surface area (Å²) in [5.41, 5.74) is 1.62. The van der Waals surface area contributed by atoms with Crippen LogP contribution < -0.4 is 4.74 Å². The number of hydrogen-bond acceptors (Lipinski definition) is 2. The molecule has 0 aliphatic carbocycles. The van der Waals surface area contributed by atoms with Gasteiger partial charge < -0.3 is 9.84 Å².